The van der Waals surface area contributed by atoms with Crippen LogP contribution in [0.4, 0.5) is 18.9 Å². The molecule has 0 aliphatic rings. The molecule has 0 saturated heterocycles. The monoisotopic (exact) mass is 306 g/mol. The Morgan fingerprint density at radius 2 is 1.86 bits per heavy atom. The minimum absolute atomic E-state index is 0.158. The van der Waals surface area contributed by atoms with Crippen LogP contribution in [-0.2, 0) is 12.8 Å². The molecule has 0 spiro atoms. The Morgan fingerprint density at radius 3 is 2.64 bits per heavy atom. The normalized spacial score (nSPS) is 11.8. The molecule has 0 radical (unpaired) electrons. The van der Waals surface area contributed by atoms with Gasteiger partial charge >= 0.3 is 6.18 Å². The van der Waals surface area contributed by atoms with E-state index < -0.39 is 11.7 Å². The van der Waals surface area contributed by atoms with Gasteiger partial charge in [-0.25, -0.2) is 0 Å². The third-order valence-corrected chi connectivity index (χ3v) is 3.39. The van der Waals surface area contributed by atoms with E-state index in [1.54, 1.807) is 12.3 Å². The van der Waals surface area contributed by atoms with Crippen LogP contribution in [0.15, 0.2) is 48.7 Å². The number of aromatic amines is 1. The zero-order valence-corrected chi connectivity index (χ0v) is 11.4. The van der Waals surface area contributed by atoms with Crippen LogP contribution in [0.1, 0.15) is 11.1 Å². The molecule has 1 aromatic heterocycles. The average Bonchev–Trinajstić information content (AvgIpc) is 2.89. The molecule has 0 aliphatic carbocycles. The van der Waals surface area contributed by atoms with Gasteiger partial charge in [-0.15, -0.1) is 0 Å². The Balaban J connectivity index is 1.81. The van der Waals surface area contributed by atoms with Gasteiger partial charge in [0.25, 0.3) is 0 Å². The van der Waals surface area contributed by atoms with Crippen LogP contribution in [0.5, 0.6) is 5.75 Å². The van der Waals surface area contributed by atoms with Crippen molar-refractivity contribution in [3.05, 3.63) is 59.8 Å². The van der Waals surface area contributed by atoms with Crippen LogP contribution in [-0.4, -0.2) is 4.98 Å². The van der Waals surface area contributed by atoms with E-state index >= 15 is 0 Å². The highest BCUT2D eigenvalue weighted by Crippen LogP contribution is 2.31. The third-order valence-electron chi connectivity index (χ3n) is 3.39. The highest BCUT2D eigenvalue weighted by atomic mass is 19.4. The second-order valence-electron chi connectivity index (χ2n) is 4.90. The minimum Gasteiger partial charge on any atom is -0.489 e. The number of ether oxygens (including phenoxy) is 1. The lowest BCUT2D eigenvalue weighted by molar-refractivity contribution is -0.137. The number of hydrogen-bond donors (Lipinski definition) is 2. The van der Waals surface area contributed by atoms with Gasteiger partial charge in [0.05, 0.1) is 16.8 Å². The van der Waals surface area contributed by atoms with E-state index in [1.165, 1.54) is 12.1 Å². The van der Waals surface area contributed by atoms with Crippen molar-refractivity contribution in [1.29, 1.82) is 0 Å². The lowest BCUT2D eigenvalue weighted by Crippen LogP contribution is -2.05. The number of para-hydroxylation sites is 1. The maximum atomic E-state index is 12.7. The summed E-state index contributed by atoms with van der Waals surface area (Å²) >= 11 is 0. The Bertz CT molecular complexity index is 809. The van der Waals surface area contributed by atoms with Gasteiger partial charge in [-0.2, -0.15) is 13.2 Å². The van der Waals surface area contributed by atoms with Gasteiger partial charge in [-0.1, -0.05) is 18.2 Å². The fourth-order valence-electron chi connectivity index (χ4n) is 2.28. The van der Waals surface area contributed by atoms with Crippen molar-refractivity contribution in [1.82, 2.24) is 4.98 Å². The Kier molecular flexibility index (Phi) is 3.44. The number of anilines is 1. The van der Waals surface area contributed by atoms with E-state index in [0.29, 0.717) is 5.69 Å². The molecule has 0 aliphatic heterocycles. The predicted molar refractivity (Wildman–Crippen MR) is 78.5 cm³/mol. The molecular weight excluding hydrogens is 293 g/mol. The molecule has 1 heterocycles. The fraction of sp³-hybridized carbons (Fsp3) is 0.125. The zero-order chi connectivity index (χ0) is 15.7. The number of nitrogen functional groups attached to an aromatic ring is 1. The maximum absolute atomic E-state index is 12.7. The van der Waals surface area contributed by atoms with Gasteiger partial charge in [0.2, 0.25) is 0 Å². The van der Waals surface area contributed by atoms with Crippen molar-refractivity contribution in [2.24, 2.45) is 0 Å². The minimum atomic E-state index is -4.38. The standard InChI is InChI=1S/C16H13F3N2O/c17-16(18,19)11-3-1-4-12(7-11)22-9-10-8-21-15-13(10)5-2-6-14(15)20/h1-8,21H,9,20H2. The number of hydrogen-bond acceptors (Lipinski definition) is 2. The number of halogens is 3. The number of nitrogens with one attached hydrogen (secondary N) is 1. The quantitative estimate of drug-likeness (QED) is 0.707. The number of alkyl halides is 3. The van der Waals surface area contributed by atoms with Crippen molar-refractivity contribution in [2.45, 2.75) is 12.8 Å². The maximum Gasteiger partial charge on any atom is 0.416 e. The lowest BCUT2D eigenvalue weighted by atomic mass is 10.1. The summed E-state index contributed by atoms with van der Waals surface area (Å²) in [5, 5.41) is 0.895. The Morgan fingerprint density at radius 1 is 1.09 bits per heavy atom. The van der Waals surface area contributed by atoms with Crippen molar-refractivity contribution in [3.63, 3.8) is 0 Å². The lowest BCUT2D eigenvalue weighted by Gasteiger charge is -2.10. The Labute approximate surface area is 124 Å². The zero-order valence-electron chi connectivity index (χ0n) is 11.4. The van der Waals surface area contributed by atoms with Crippen molar-refractivity contribution >= 4 is 16.6 Å². The van der Waals surface area contributed by atoms with Gasteiger partial charge < -0.3 is 15.5 Å². The van der Waals surface area contributed by atoms with Crippen LogP contribution in [0, 0.1) is 0 Å². The van der Waals surface area contributed by atoms with E-state index in [0.717, 1.165) is 28.6 Å². The number of aromatic nitrogens is 1. The van der Waals surface area contributed by atoms with Gasteiger partial charge in [-0.3, -0.25) is 0 Å². The molecule has 0 fully saturated rings. The van der Waals surface area contributed by atoms with Crippen LogP contribution in [0.25, 0.3) is 10.9 Å². The summed E-state index contributed by atoms with van der Waals surface area (Å²) in [7, 11) is 0. The highest BCUT2D eigenvalue weighted by Gasteiger charge is 2.30. The third kappa shape index (κ3) is 2.72. The van der Waals surface area contributed by atoms with Gasteiger partial charge in [0.15, 0.2) is 0 Å². The topological polar surface area (TPSA) is 51.0 Å². The van der Waals surface area contributed by atoms with Gasteiger partial charge in [0, 0.05) is 17.1 Å². The summed E-state index contributed by atoms with van der Waals surface area (Å²) < 4.78 is 43.5. The molecule has 0 atom stereocenters. The molecule has 3 rings (SSSR count). The first kappa shape index (κ1) is 14.3. The molecule has 6 heteroatoms. The average molecular weight is 306 g/mol. The molecule has 2 aromatic carbocycles. The van der Waals surface area contributed by atoms with Crippen LogP contribution in [0.2, 0.25) is 0 Å². The van der Waals surface area contributed by atoms with E-state index in [-0.39, 0.29) is 12.4 Å². The molecule has 0 saturated carbocycles. The number of H-pyrrole nitrogens is 1. The SMILES string of the molecule is Nc1cccc2c(COc3cccc(C(F)(F)F)c3)c[nH]c12. The molecule has 3 aromatic rings. The van der Waals surface area contributed by atoms with Crippen molar-refractivity contribution in [2.75, 3.05) is 5.73 Å². The van der Waals surface area contributed by atoms with Crippen LogP contribution in [0.3, 0.4) is 0 Å². The molecule has 22 heavy (non-hydrogen) atoms. The summed E-state index contributed by atoms with van der Waals surface area (Å²) in [4.78, 5) is 3.04. The molecular formula is C16H13F3N2O. The molecule has 0 bridgehead atoms. The van der Waals surface area contributed by atoms with E-state index in [2.05, 4.69) is 4.98 Å². The molecule has 0 amide bonds. The fourth-order valence-corrected chi connectivity index (χ4v) is 2.28. The van der Waals surface area contributed by atoms with E-state index in [4.69, 9.17) is 10.5 Å². The summed E-state index contributed by atoms with van der Waals surface area (Å²) in [6.45, 7) is 0.158. The largest absolute Gasteiger partial charge is 0.489 e. The van der Waals surface area contributed by atoms with Gasteiger partial charge in [-0.05, 0) is 24.3 Å². The predicted octanol–water partition coefficient (Wildman–Crippen LogP) is 4.35. The Hall–Kier alpha value is -2.63. The van der Waals surface area contributed by atoms with E-state index in [9.17, 15) is 13.2 Å². The summed E-state index contributed by atoms with van der Waals surface area (Å²) in [5.74, 6) is 0.174. The van der Waals surface area contributed by atoms with E-state index in [1.807, 2.05) is 12.1 Å². The number of rotatable bonds is 3. The number of benzene rings is 2. The number of fused-ring (bicyclic) bond motifs is 1. The first-order valence-electron chi connectivity index (χ1n) is 6.59. The second-order valence-corrected chi connectivity index (χ2v) is 4.90. The summed E-state index contributed by atoms with van der Waals surface area (Å²) in [6.07, 6.45) is -2.64. The molecule has 114 valence electrons. The second kappa shape index (κ2) is 5.29. The van der Waals surface area contributed by atoms with Crippen LogP contribution < -0.4 is 10.5 Å². The molecule has 3 N–H and O–H groups in total. The summed E-state index contributed by atoms with van der Waals surface area (Å²) in [5.41, 5.74) is 7.36. The molecule has 3 nitrogen and oxygen atoms in total. The van der Waals surface area contributed by atoms with Gasteiger partial charge in [0.1, 0.15) is 12.4 Å². The van der Waals surface area contributed by atoms with Crippen LogP contribution >= 0.6 is 0 Å². The first-order valence-corrected chi connectivity index (χ1v) is 6.59. The molecule has 0 unspecified atom stereocenters. The van der Waals surface area contributed by atoms with Crippen molar-refractivity contribution < 1.29 is 17.9 Å². The van der Waals surface area contributed by atoms with Crippen molar-refractivity contribution in [3.8, 4) is 5.75 Å². The first-order chi connectivity index (χ1) is 10.4. The number of nitrogens with two attached hydrogens (primary N) is 1. The smallest absolute Gasteiger partial charge is 0.416 e. The highest BCUT2D eigenvalue weighted by molar-refractivity contribution is 5.92. The summed E-state index contributed by atoms with van der Waals surface area (Å²) in [6, 6.07) is 10.3.